The summed E-state index contributed by atoms with van der Waals surface area (Å²) in [5, 5.41) is 3.08. The van der Waals surface area contributed by atoms with Crippen molar-refractivity contribution >= 4 is 29.9 Å². The fraction of sp³-hybridized carbons (Fsp3) is 0.333. The topological polar surface area (TPSA) is 79.1 Å². The zero-order chi connectivity index (χ0) is 14.2. The Morgan fingerprint density at radius 1 is 1.33 bits per heavy atom. The van der Waals surface area contributed by atoms with E-state index in [9.17, 15) is 0 Å². The predicted molar refractivity (Wildman–Crippen MR) is 97.7 cm³/mol. The lowest BCUT2D eigenvalue weighted by molar-refractivity contribution is 0.747. The maximum Gasteiger partial charge on any atom is 0.189 e. The molecule has 0 amide bonds. The number of aromatic nitrogens is 2. The maximum atomic E-state index is 5.78. The number of nitrogens with zero attached hydrogens (tertiary/aromatic N) is 2. The molecule has 0 aliphatic carbocycles. The van der Waals surface area contributed by atoms with E-state index in [0.717, 1.165) is 36.5 Å². The van der Waals surface area contributed by atoms with Gasteiger partial charge in [0, 0.05) is 6.54 Å². The second kappa shape index (κ2) is 9.38. The first-order valence-corrected chi connectivity index (χ1v) is 6.92. The van der Waals surface area contributed by atoms with Crippen LogP contribution in [0.15, 0.2) is 41.5 Å². The molecule has 5 nitrogen and oxygen atoms in total. The molecule has 0 fully saturated rings. The van der Waals surface area contributed by atoms with E-state index in [1.165, 1.54) is 0 Å². The quantitative estimate of drug-likeness (QED) is 0.303. The van der Waals surface area contributed by atoms with Crippen molar-refractivity contribution in [2.24, 2.45) is 10.7 Å². The van der Waals surface area contributed by atoms with E-state index >= 15 is 0 Å². The lowest BCUT2D eigenvalue weighted by atomic mass is 10.2. The van der Waals surface area contributed by atoms with Crippen molar-refractivity contribution < 1.29 is 0 Å². The van der Waals surface area contributed by atoms with Gasteiger partial charge >= 0.3 is 0 Å². The molecule has 4 N–H and O–H groups in total. The van der Waals surface area contributed by atoms with Gasteiger partial charge in [-0.25, -0.2) is 9.98 Å². The largest absolute Gasteiger partial charge is 0.370 e. The summed E-state index contributed by atoms with van der Waals surface area (Å²) in [5.41, 5.74) is 7.89. The van der Waals surface area contributed by atoms with Gasteiger partial charge in [-0.05, 0) is 12.0 Å². The van der Waals surface area contributed by atoms with Gasteiger partial charge in [0.25, 0.3) is 0 Å². The van der Waals surface area contributed by atoms with Gasteiger partial charge in [0.05, 0.1) is 11.9 Å². The molecule has 21 heavy (non-hydrogen) atoms. The van der Waals surface area contributed by atoms with Crippen LogP contribution in [0.4, 0.5) is 0 Å². The van der Waals surface area contributed by atoms with E-state index in [0.29, 0.717) is 12.5 Å². The average molecular weight is 399 g/mol. The first kappa shape index (κ1) is 17.5. The number of nitrogens with two attached hydrogens (primary N) is 1. The summed E-state index contributed by atoms with van der Waals surface area (Å²) >= 11 is 0. The van der Waals surface area contributed by atoms with Gasteiger partial charge in [-0.3, -0.25) is 0 Å². The molecule has 2 aromatic rings. The fourth-order valence-electron chi connectivity index (χ4n) is 1.82. The smallest absolute Gasteiger partial charge is 0.189 e. The minimum atomic E-state index is 0. The number of hydrogen-bond donors (Lipinski definition) is 3. The van der Waals surface area contributed by atoms with E-state index in [1.807, 2.05) is 36.5 Å². The normalized spacial score (nSPS) is 11.0. The zero-order valence-electron chi connectivity index (χ0n) is 12.2. The minimum absolute atomic E-state index is 0. The van der Waals surface area contributed by atoms with E-state index in [1.54, 1.807) is 0 Å². The van der Waals surface area contributed by atoms with Crippen molar-refractivity contribution in [3.63, 3.8) is 0 Å². The molecule has 1 heterocycles. The molecule has 0 radical (unpaired) electrons. The molecule has 0 aliphatic heterocycles. The summed E-state index contributed by atoms with van der Waals surface area (Å²) in [5.74, 6) is 1.28. The van der Waals surface area contributed by atoms with Crippen LogP contribution >= 0.6 is 24.0 Å². The third-order valence-electron chi connectivity index (χ3n) is 2.95. The van der Waals surface area contributed by atoms with Crippen LogP contribution in [0.25, 0.3) is 11.3 Å². The molecule has 0 saturated carbocycles. The molecule has 0 spiro atoms. The molecule has 0 saturated heterocycles. The van der Waals surface area contributed by atoms with Gasteiger partial charge in [-0.2, -0.15) is 0 Å². The van der Waals surface area contributed by atoms with Crippen LogP contribution in [0, 0.1) is 0 Å². The van der Waals surface area contributed by atoms with Gasteiger partial charge in [-0.1, -0.05) is 43.7 Å². The predicted octanol–water partition coefficient (Wildman–Crippen LogP) is 2.90. The van der Waals surface area contributed by atoms with Crippen molar-refractivity contribution in [3.05, 3.63) is 42.4 Å². The summed E-state index contributed by atoms with van der Waals surface area (Å²) in [6.07, 6.45) is 4.05. The van der Waals surface area contributed by atoms with Crippen LogP contribution in [0.2, 0.25) is 0 Å². The zero-order valence-corrected chi connectivity index (χ0v) is 14.5. The van der Waals surface area contributed by atoms with E-state index < -0.39 is 0 Å². The van der Waals surface area contributed by atoms with E-state index in [2.05, 4.69) is 27.2 Å². The molecule has 0 aliphatic rings. The molecule has 0 unspecified atom stereocenters. The molecule has 1 aromatic carbocycles. The summed E-state index contributed by atoms with van der Waals surface area (Å²) < 4.78 is 0. The molecule has 0 atom stereocenters. The molecular weight excluding hydrogens is 377 g/mol. The third kappa shape index (κ3) is 5.74. The highest BCUT2D eigenvalue weighted by Crippen LogP contribution is 2.16. The first-order valence-electron chi connectivity index (χ1n) is 6.92. The number of H-pyrrole nitrogens is 1. The number of rotatable bonds is 6. The monoisotopic (exact) mass is 399 g/mol. The number of aromatic amines is 1. The number of aliphatic imine (C=N–C) groups is 1. The van der Waals surface area contributed by atoms with Crippen molar-refractivity contribution in [1.82, 2.24) is 15.3 Å². The van der Waals surface area contributed by atoms with Gasteiger partial charge in [0.2, 0.25) is 0 Å². The summed E-state index contributed by atoms with van der Waals surface area (Å²) in [6.45, 7) is 3.46. The number of unbranched alkanes of at least 4 members (excludes halogenated alkanes) is 1. The van der Waals surface area contributed by atoms with Crippen LogP contribution in [0.5, 0.6) is 0 Å². The van der Waals surface area contributed by atoms with Crippen molar-refractivity contribution in [1.29, 1.82) is 0 Å². The van der Waals surface area contributed by atoms with E-state index in [-0.39, 0.29) is 24.0 Å². The second-order valence-electron chi connectivity index (χ2n) is 4.59. The van der Waals surface area contributed by atoms with Crippen LogP contribution in [0.3, 0.4) is 0 Å². The molecule has 0 bridgehead atoms. The lowest BCUT2D eigenvalue weighted by Gasteiger charge is -2.03. The fourth-order valence-corrected chi connectivity index (χ4v) is 1.82. The summed E-state index contributed by atoms with van der Waals surface area (Å²) in [4.78, 5) is 11.8. The molecule has 114 valence electrons. The average Bonchev–Trinajstić information content (AvgIpc) is 2.95. The highest BCUT2D eigenvalue weighted by Gasteiger charge is 2.02. The van der Waals surface area contributed by atoms with Crippen LogP contribution in [-0.4, -0.2) is 22.5 Å². The van der Waals surface area contributed by atoms with Gasteiger partial charge in [0.1, 0.15) is 12.4 Å². The Morgan fingerprint density at radius 3 is 2.81 bits per heavy atom. The molecular formula is C15H22IN5. The minimum Gasteiger partial charge on any atom is -0.370 e. The van der Waals surface area contributed by atoms with E-state index in [4.69, 9.17) is 5.73 Å². The number of benzene rings is 1. The van der Waals surface area contributed by atoms with Gasteiger partial charge < -0.3 is 16.0 Å². The summed E-state index contributed by atoms with van der Waals surface area (Å²) in [6, 6.07) is 10.1. The first-order chi connectivity index (χ1) is 9.79. The van der Waals surface area contributed by atoms with Crippen LogP contribution < -0.4 is 11.1 Å². The standard InChI is InChI=1S/C15H21N5.HI/c1-2-3-9-17-15(16)19-11-14-18-10-13(20-14)12-7-5-4-6-8-12;/h4-8,10H,2-3,9,11H2,1H3,(H,18,20)(H3,16,17,19);1H. The Morgan fingerprint density at radius 2 is 2.10 bits per heavy atom. The molecule has 2 rings (SSSR count). The molecule has 1 aromatic heterocycles. The van der Waals surface area contributed by atoms with Crippen LogP contribution in [-0.2, 0) is 6.54 Å². The number of nitrogens with one attached hydrogen (secondary N) is 2. The Bertz CT molecular complexity index is 550. The van der Waals surface area contributed by atoms with Crippen molar-refractivity contribution in [2.75, 3.05) is 6.54 Å². The number of halogens is 1. The summed E-state index contributed by atoms with van der Waals surface area (Å²) in [7, 11) is 0. The molecule has 6 heteroatoms. The Hall–Kier alpha value is -1.57. The van der Waals surface area contributed by atoms with Gasteiger partial charge in [0.15, 0.2) is 5.96 Å². The van der Waals surface area contributed by atoms with Gasteiger partial charge in [-0.15, -0.1) is 24.0 Å². The Kier molecular flexibility index (Phi) is 7.81. The lowest BCUT2D eigenvalue weighted by Crippen LogP contribution is -2.32. The SMILES string of the molecule is CCCCNC(N)=NCc1ncc(-c2ccccc2)[nH]1.I. The Balaban J connectivity index is 0.00000220. The second-order valence-corrected chi connectivity index (χ2v) is 4.59. The maximum absolute atomic E-state index is 5.78. The Labute approximate surface area is 142 Å². The number of guanidine groups is 1. The third-order valence-corrected chi connectivity index (χ3v) is 2.95. The van der Waals surface area contributed by atoms with Crippen LogP contribution in [0.1, 0.15) is 25.6 Å². The van der Waals surface area contributed by atoms with Crippen molar-refractivity contribution in [3.8, 4) is 11.3 Å². The highest BCUT2D eigenvalue weighted by molar-refractivity contribution is 14.0. The van der Waals surface area contributed by atoms with Crippen molar-refractivity contribution in [2.45, 2.75) is 26.3 Å². The highest BCUT2D eigenvalue weighted by atomic mass is 127. The number of imidazole rings is 1. The number of hydrogen-bond acceptors (Lipinski definition) is 2.